The van der Waals surface area contributed by atoms with Gasteiger partial charge in [0.1, 0.15) is 6.61 Å². The van der Waals surface area contributed by atoms with Crippen molar-refractivity contribution < 1.29 is 27.0 Å². The van der Waals surface area contributed by atoms with Gasteiger partial charge in [0.05, 0.1) is 13.7 Å². The van der Waals surface area contributed by atoms with Gasteiger partial charge in [-0.15, -0.1) is 0 Å². The van der Waals surface area contributed by atoms with E-state index < -0.39 is 0 Å². The number of benzene rings is 2. The molecule has 0 heterocycles. The first-order chi connectivity index (χ1) is 11.4. The van der Waals surface area contributed by atoms with Gasteiger partial charge in [-0.2, -0.15) is 0 Å². The normalized spacial score (nSPS) is 10.9. The lowest BCUT2D eigenvalue weighted by atomic mass is 10.1. The van der Waals surface area contributed by atoms with Crippen LogP contribution in [0.4, 0.5) is 0 Å². The Hall–Kier alpha value is -1.46. The first-order valence-electron chi connectivity index (χ1n) is 7.83. The third-order valence-corrected chi connectivity index (χ3v) is 3.95. The molecule has 138 valence electrons. The van der Waals surface area contributed by atoms with Crippen LogP contribution >= 0.6 is 11.6 Å². The van der Waals surface area contributed by atoms with Crippen LogP contribution in [0, 0.1) is 0 Å². The van der Waals surface area contributed by atoms with E-state index in [4.69, 9.17) is 21.1 Å². The van der Waals surface area contributed by atoms with Gasteiger partial charge in [0.2, 0.25) is 0 Å². The number of halogens is 2. The summed E-state index contributed by atoms with van der Waals surface area (Å²) in [7, 11) is 1.62. The van der Waals surface area contributed by atoms with Crippen LogP contribution in [0.2, 0.25) is 5.02 Å². The fourth-order valence-electron chi connectivity index (χ4n) is 2.08. The van der Waals surface area contributed by atoms with Crippen LogP contribution in [-0.2, 0) is 13.2 Å². The third kappa shape index (κ3) is 6.75. The highest BCUT2D eigenvalue weighted by Crippen LogP contribution is 2.29. The van der Waals surface area contributed by atoms with E-state index in [9.17, 15) is 5.11 Å². The SMILES string of the molecule is COc1cc(CNC(C)(C)CO)ccc1OCc1ccc(Cl)cc1.[Cl-]. The summed E-state index contributed by atoms with van der Waals surface area (Å²) in [5.74, 6) is 1.38. The number of methoxy groups -OCH3 is 1. The lowest BCUT2D eigenvalue weighted by molar-refractivity contribution is -0.00000644. The Balaban J connectivity index is 0.00000312. The van der Waals surface area contributed by atoms with E-state index >= 15 is 0 Å². The number of hydrogen-bond acceptors (Lipinski definition) is 4. The topological polar surface area (TPSA) is 50.7 Å². The van der Waals surface area contributed by atoms with Crippen LogP contribution in [-0.4, -0.2) is 24.4 Å². The van der Waals surface area contributed by atoms with Gasteiger partial charge in [0.15, 0.2) is 11.5 Å². The molecule has 0 aliphatic heterocycles. The molecule has 2 aromatic carbocycles. The summed E-state index contributed by atoms with van der Waals surface area (Å²) in [6.07, 6.45) is 0. The molecule has 0 spiro atoms. The molecule has 0 saturated carbocycles. The van der Waals surface area contributed by atoms with E-state index in [0.717, 1.165) is 11.1 Å². The van der Waals surface area contributed by atoms with Crippen LogP contribution in [0.3, 0.4) is 0 Å². The fraction of sp³-hybridized carbons (Fsp3) is 0.368. The number of aliphatic hydroxyl groups is 1. The lowest BCUT2D eigenvalue weighted by Gasteiger charge is -2.23. The number of ether oxygens (including phenoxy) is 2. The van der Waals surface area contributed by atoms with Crippen molar-refractivity contribution in [2.75, 3.05) is 13.7 Å². The second-order valence-electron chi connectivity index (χ2n) is 6.30. The molecule has 25 heavy (non-hydrogen) atoms. The van der Waals surface area contributed by atoms with Crippen molar-refractivity contribution in [2.45, 2.75) is 32.5 Å². The van der Waals surface area contributed by atoms with Gasteiger partial charge < -0.3 is 32.3 Å². The predicted octanol–water partition coefficient (Wildman–Crippen LogP) is 0.792. The van der Waals surface area contributed by atoms with Crippen molar-refractivity contribution in [3.63, 3.8) is 0 Å². The number of hydrogen-bond donors (Lipinski definition) is 2. The van der Waals surface area contributed by atoms with Crippen LogP contribution in [0.5, 0.6) is 11.5 Å². The van der Waals surface area contributed by atoms with E-state index in [1.165, 1.54) is 0 Å². The first kappa shape index (κ1) is 21.6. The first-order valence-corrected chi connectivity index (χ1v) is 8.21. The van der Waals surface area contributed by atoms with Crippen LogP contribution in [0.15, 0.2) is 42.5 Å². The zero-order valence-electron chi connectivity index (χ0n) is 14.7. The van der Waals surface area contributed by atoms with Crippen molar-refractivity contribution in [2.24, 2.45) is 0 Å². The van der Waals surface area contributed by atoms with E-state index in [-0.39, 0.29) is 24.6 Å². The smallest absolute Gasteiger partial charge is 0.161 e. The molecule has 0 atom stereocenters. The van der Waals surface area contributed by atoms with Crippen LogP contribution in [0.25, 0.3) is 0 Å². The second-order valence-corrected chi connectivity index (χ2v) is 6.73. The Morgan fingerprint density at radius 1 is 1.04 bits per heavy atom. The predicted molar refractivity (Wildman–Crippen MR) is 96.8 cm³/mol. The van der Waals surface area contributed by atoms with E-state index in [2.05, 4.69) is 5.32 Å². The minimum atomic E-state index is -0.322. The molecule has 0 amide bonds. The Labute approximate surface area is 160 Å². The van der Waals surface area contributed by atoms with Crippen molar-refractivity contribution in [3.05, 3.63) is 58.6 Å². The maximum atomic E-state index is 9.30. The number of rotatable bonds is 8. The summed E-state index contributed by atoms with van der Waals surface area (Å²) in [6, 6.07) is 13.4. The van der Waals surface area contributed by atoms with Crippen molar-refractivity contribution in [3.8, 4) is 11.5 Å². The van der Waals surface area contributed by atoms with Crippen molar-refractivity contribution in [1.82, 2.24) is 5.32 Å². The summed E-state index contributed by atoms with van der Waals surface area (Å²) in [6.45, 7) is 5.07. The van der Waals surface area contributed by atoms with Gasteiger partial charge in [-0.05, 0) is 49.2 Å². The molecule has 0 aromatic heterocycles. The van der Waals surface area contributed by atoms with Crippen LogP contribution < -0.4 is 27.2 Å². The fourth-order valence-corrected chi connectivity index (χ4v) is 2.21. The van der Waals surface area contributed by atoms with Gasteiger partial charge in [0, 0.05) is 17.1 Å². The monoisotopic (exact) mass is 384 g/mol. The largest absolute Gasteiger partial charge is 1.00 e. The average molecular weight is 385 g/mol. The Morgan fingerprint density at radius 2 is 1.68 bits per heavy atom. The van der Waals surface area contributed by atoms with Crippen molar-refractivity contribution in [1.29, 1.82) is 0 Å². The maximum absolute atomic E-state index is 9.30. The van der Waals surface area contributed by atoms with Crippen LogP contribution in [0.1, 0.15) is 25.0 Å². The molecule has 2 rings (SSSR count). The zero-order chi connectivity index (χ0) is 17.6. The number of aliphatic hydroxyl groups excluding tert-OH is 1. The highest BCUT2D eigenvalue weighted by molar-refractivity contribution is 6.30. The molecule has 0 bridgehead atoms. The Bertz CT molecular complexity index is 660. The molecule has 2 N–H and O–H groups in total. The Kier molecular flexibility index (Phi) is 8.53. The van der Waals surface area contributed by atoms with Gasteiger partial charge >= 0.3 is 0 Å². The molecule has 6 heteroatoms. The quantitative estimate of drug-likeness (QED) is 0.706. The molecule has 0 aliphatic carbocycles. The molecule has 0 unspecified atom stereocenters. The minimum absolute atomic E-state index is 0. The second kappa shape index (κ2) is 9.88. The summed E-state index contributed by atoms with van der Waals surface area (Å²) in [5, 5.41) is 13.3. The molecule has 0 fully saturated rings. The summed E-state index contributed by atoms with van der Waals surface area (Å²) < 4.78 is 11.3. The maximum Gasteiger partial charge on any atom is 0.161 e. The van der Waals surface area contributed by atoms with Crippen molar-refractivity contribution >= 4 is 11.6 Å². The lowest BCUT2D eigenvalue weighted by Crippen LogP contribution is -3.00. The molecule has 4 nitrogen and oxygen atoms in total. The summed E-state index contributed by atoms with van der Waals surface area (Å²) in [4.78, 5) is 0. The summed E-state index contributed by atoms with van der Waals surface area (Å²) >= 11 is 5.88. The highest BCUT2D eigenvalue weighted by Gasteiger charge is 2.15. The van der Waals surface area contributed by atoms with Gasteiger partial charge in [0.25, 0.3) is 0 Å². The summed E-state index contributed by atoms with van der Waals surface area (Å²) in [5.41, 5.74) is 1.78. The molecule has 2 aromatic rings. The molecule has 0 saturated heterocycles. The Morgan fingerprint density at radius 3 is 2.28 bits per heavy atom. The third-order valence-electron chi connectivity index (χ3n) is 3.70. The molecular formula is C19H24Cl2NO3-. The average Bonchev–Trinajstić information content (AvgIpc) is 2.60. The van der Waals surface area contributed by atoms with E-state index in [1.807, 2.05) is 56.3 Å². The molecule has 0 aliphatic rings. The van der Waals surface area contributed by atoms with E-state index in [0.29, 0.717) is 29.7 Å². The van der Waals surface area contributed by atoms with E-state index in [1.54, 1.807) is 7.11 Å². The van der Waals surface area contributed by atoms with Gasteiger partial charge in [-0.1, -0.05) is 29.8 Å². The highest BCUT2D eigenvalue weighted by atomic mass is 35.5. The molecular weight excluding hydrogens is 361 g/mol. The number of nitrogens with one attached hydrogen (secondary N) is 1. The van der Waals surface area contributed by atoms with Gasteiger partial charge in [-0.3, -0.25) is 0 Å². The van der Waals surface area contributed by atoms with Gasteiger partial charge in [-0.25, -0.2) is 0 Å². The molecule has 0 radical (unpaired) electrons. The minimum Gasteiger partial charge on any atom is -1.00 e. The standard InChI is InChI=1S/C19H24ClNO3.ClH/c1-19(2,13-22)21-11-15-6-9-17(18(10-15)23-3)24-12-14-4-7-16(20)8-5-14;/h4-10,21-22H,11-13H2,1-3H3;1H/p-1. The zero-order valence-corrected chi connectivity index (χ0v) is 16.2.